The van der Waals surface area contributed by atoms with E-state index in [2.05, 4.69) is 45.2 Å². The molecule has 10 nitrogen and oxygen atoms in total. The van der Waals surface area contributed by atoms with Gasteiger partial charge in [-0.25, -0.2) is 4.79 Å². The smallest absolute Gasteiger partial charge is 0.409 e. The zero-order valence-electron chi connectivity index (χ0n) is 29.4. The van der Waals surface area contributed by atoms with E-state index in [0.717, 1.165) is 82.5 Å². The van der Waals surface area contributed by atoms with Gasteiger partial charge in [-0.05, 0) is 106 Å². The van der Waals surface area contributed by atoms with Crippen molar-refractivity contribution in [2.75, 3.05) is 62.7 Å². The first kappa shape index (κ1) is 35.5. The van der Waals surface area contributed by atoms with Crippen LogP contribution in [0.15, 0.2) is 79.4 Å². The SMILES string of the molecule is COC(=O)N1CCCC(CN(C(=O)C2CC2)c2cccnc2)C1.O=C(C1CC1)N(CC1CCCN(CCc2ccccc2)C1)c1cccnc1. The van der Waals surface area contributed by atoms with Gasteiger partial charge in [0.1, 0.15) is 0 Å². The Morgan fingerprint density at radius 3 is 1.80 bits per heavy atom. The van der Waals surface area contributed by atoms with Crippen LogP contribution >= 0.6 is 0 Å². The highest BCUT2D eigenvalue weighted by Gasteiger charge is 2.37. The largest absolute Gasteiger partial charge is 0.453 e. The molecule has 7 rings (SSSR count). The maximum Gasteiger partial charge on any atom is 0.409 e. The summed E-state index contributed by atoms with van der Waals surface area (Å²) in [6, 6.07) is 18.4. The summed E-state index contributed by atoms with van der Waals surface area (Å²) >= 11 is 0. The van der Waals surface area contributed by atoms with Crippen LogP contribution in [0.2, 0.25) is 0 Å². The van der Waals surface area contributed by atoms with E-state index in [1.165, 1.54) is 32.1 Å². The zero-order chi connectivity index (χ0) is 34.7. The summed E-state index contributed by atoms with van der Waals surface area (Å²) < 4.78 is 4.82. The molecule has 2 aromatic heterocycles. The minimum Gasteiger partial charge on any atom is -0.453 e. The Hall–Kier alpha value is -4.31. The van der Waals surface area contributed by atoms with E-state index in [1.807, 2.05) is 40.3 Å². The van der Waals surface area contributed by atoms with E-state index in [4.69, 9.17) is 4.74 Å². The van der Waals surface area contributed by atoms with Gasteiger partial charge in [-0.15, -0.1) is 0 Å². The number of amides is 3. The predicted octanol–water partition coefficient (Wildman–Crippen LogP) is 6.08. The molecule has 1 aromatic carbocycles. The van der Waals surface area contributed by atoms with Crippen molar-refractivity contribution < 1.29 is 19.1 Å². The lowest BCUT2D eigenvalue weighted by molar-refractivity contribution is -0.120. The van der Waals surface area contributed by atoms with Crippen LogP contribution in [-0.2, 0) is 20.7 Å². The molecule has 4 heterocycles. The monoisotopic (exact) mass is 680 g/mol. The van der Waals surface area contributed by atoms with Crippen molar-refractivity contribution in [3.63, 3.8) is 0 Å². The van der Waals surface area contributed by atoms with Crippen LogP contribution < -0.4 is 9.80 Å². The third-order valence-electron chi connectivity index (χ3n) is 10.3. The molecule has 10 heteroatoms. The second-order valence-corrected chi connectivity index (χ2v) is 14.3. The molecular formula is C40H52N6O4. The van der Waals surface area contributed by atoms with E-state index in [1.54, 1.807) is 23.5 Å². The van der Waals surface area contributed by atoms with Crippen molar-refractivity contribution in [2.24, 2.45) is 23.7 Å². The lowest BCUT2D eigenvalue weighted by atomic mass is 9.96. The number of anilines is 2. The van der Waals surface area contributed by atoms with Crippen LogP contribution in [-0.4, -0.2) is 90.6 Å². The summed E-state index contributed by atoms with van der Waals surface area (Å²) in [5.74, 6) is 1.69. The van der Waals surface area contributed by atoms with Gasteiger partial charge >= 0.3 is 6.09 Å². The van der Waals surface area contributed by atoms with Gasteiger partial charge in [-0.2, -0.15) is 0 Å². The van der Waals surface area contributed by atoms with E-state index in [9.17, 15) is 14.4 Å². The summed E-state index contributed by atoms with van der Waals surface area (Å²) in [5.41, 5.74) is 3.20. The van der Waals surface area contributed by atoms with E-state index < -0.39 is 0 Å². The molecule has 3 aromatic rings. The molecule has 50 heavy (non-hydrogen) atoms. The average molecular weight is 681 g/mol. The highest BCUT2D eigenvalue weighted by Crippen LogP contribution is 2.35. The van der Waals surface area contributed by atoms with Crippen molar-refractivity contribution in [1.29, 1.82) is 0 Å². The topological polar surface area (TPSA) is 99.2 Å². The number of carbonyl (C=O) groups is 3. The Bertz CT molecular complexity index is 1520. The van der Waals surface area contributed by atoms with E-state index in [0.29, 0.717) is 24.9 Å². The normalized spacial score (nSPS) is 20.6. The lowest BCUT2D eigenvalue weighted by Gasteiger charge is -2.35. The highest BCUT2D eigenvalue weighted by atomic mass is 16.5. The van der Waals surface area contributed by atoms with Crippen LogP contribution in [0.5, 0.6) is 0 Å². The minimum absolute atomic E-state index is 0.163. The minimum atomic E-state index is -0.281. The van der Waals surface area contributed by atoms with Gasteiger partial charge < -0.3 is 24.3 Å². The van der Waals surface area contributed by atoms with Crippen molar-refractivity contribution in [2.45, 2.75) is 57.8 Å². The second kappa shape index (κ2) is 17.6. The Morgan fingerprint density at radius 2 is 1.28 bits per heavy atom. The molecule has 0 bridgehead atoms. The maximum atomic E-state index is 12.9. The van der Waals surface area contributed by atoms with Crippen molar-refractivity contribution in [1.82, 2.24) is 19.8 Å². The summed E-state index contributed by atoms with van der Waals surface area (Å²) in [6.07, 6.45) is 16.3. The number of hydrogen-bond donors (Lipinski definition) is 0. The zero-order valence-corrected chi connectivity index (χ0v) is 29.4. The number of methoxy groups -OCH3 is 1. The molecule has 0 radical (unpaired) electrons. The van der Waals surface area contributed by atoms with Gasteiger partial charge in [0.2, 0.25) is 11.8 Å². The fourth-order valence-corrected chi connectivity index (χ4v) is 7.23. The number of nitrogens with zero attached hydrogens (tertiary/aromatic N) is 6. The number of carbonyl (C=O) groups excluding carboxylic acids is 3. The van der Waals surface area contributed by atoms with Gasteiger partial charge in [0.05, 0.1) is 30.9 Å². The molecule has 0 N–H and O–H groups in total. The van der Waals surface area contributed by atoms with Gasteiger partial charge in [-0.1, -0.05) is 30.3 Å². The quantitative estimate of drug-likeness (QED) is 0.242. The molecule has 3 amide bonds. The summed E-state index contributed by atoms with van der Waals surface area (Å²) in [7, 11) is 1.41. The first-order chi connectivity index (χ1) is 24.5. The van der Waals surface area contributed by atoms with Crippen LogP contribution in [0, 0.1) is 23.7 Å². The summed E-state index contributed by atoms with van der Waals surface area (Å²) in [5, 5.41) is 0. The number of rotatable bonds is 11. The number of benzene rings is 1. The third-order valence-corrected chi connectivity index (χ3v) is 10.3. The Balaban J connectivity index is 0.000000175. The molecule has 266 valence electrons. The predicted molar refractivity (Wildman–Crippen MR) is 195 cm³/mol. The third kappa shape index (κ3) is 10.1. The second-order valence-electron chi connectivity index (χ2n) is 14.3. The number of aromatic nitrogens is 2. The van der Waals surface area contributed by atoms with Gasteiger partial charge in [-0.3, -0.25) is 19.6 Å². The number of ether oxygens (including phenoxy) is 1. The van der Waals surface area contributed by atoms with Crippen LogP contribution in [0.25, 0.3) is 0 Å². The number of hydrogen-bond acceptors (Lipinski definition) is 7. The standard InChI is InChI=1S/C23H29N3O.C17H23N3O3/c27-23(21-10-11-21)26(22-9-4-13-24-16-22)18-20-8-5-14-25(17-20)15-12-19-6-2-1-3-7-19;1-23-17(22)19-9-3-4-13(11-19)12-20(16(21)14-6-7-14)15-5-2-8-18-10-15/h1-4,6-7,9,13,16,20-21H,5,8,10-12,14-15,17-18H2;2,5,8,10,13-14H,3-4,6-7,9,11-12H2,1H3. The van der Waals surface area contributed by atoms with E-state index >= 15 is 0 Å². The molecule has 0 spiro atoms. The average Bonchev–Trinajstić information content (AvgIpc) is 4.11. The lowest BCUT2D eigenvalue weighted by Crippen LogP contribution is -2.45. The summed E-state index contributed by atoms with van der Waals surface area (Å²) in [6.45, 7) is 6.18. The Kier molecular flexibility index (Phi) is 12.5. The van der Waals surface area contributed by atoms with Crippen LogP contribution in [0.3, 0.4) is 0 Å². The number of pyridine rings is 2. The molecule has 2 saturated heterocycles. The molecule has 2 saturated carbocycles. The number of piperidine rings is 2. The van der Waals surface area contributed by atoms with Crippen molar-refractivity contribution in [3.8, 4) is 0 Å². The molecule has 2 aliphatic heterocycles. The van der Waals surface area contributed by atoms with Gasteiger partial charge in [0.25, 0.3) is 0 Å². The van der Waals surface area contributed by atoms with Crippen LogP contribution in [0.1, 0.15) is 56.9 Å². The highest BCUT2D eigenvalue weighted by molar-refractivity contribution is 5.97. The first-order valence-electron chi connectivity index (χ1n) is 18.5. The Labute approximate surface area is 296 Å². The number of likely N-dealkylation sites (tertiary alicyclic amines) is 2. The van der Waals surface area contributed by atoms with Crippen LogP contribution in [0.4, 0.5) is 16.2 Å². The molecule has 2 unspecified atom stereocenters. The Morgan fingerprint density at radius 1 is 0.720 bits per heavy atom. The van der Waals surface area contributed by atoms with E-state index in [-0.39, 0.29) is 29.8 Å². The molecular weight excluding hydrogens is 628 g/mol. The molecule has 4 fully saturated rings. The summed E-state index contributed by atoms with van der Waals surface area (Å²) in [4.78, 5) is 53.8. The first-order valence-corrected chi connectivity index (χ1v) is 18.5. The van der Waals surface area contributed by atoms with Gasteiger partial charge in [0.15, 0.2) is 0 Å². The van der Waals surface area contributed by atoms with Gasteiger partial charge in [0, 0.05) is 63.5 Å². The molecule has 2 atom stereocenters. The fraction of sp³-hybridized carbons (Fsp3) is 0.525. The maximum absolute atomic E-state index is 12.9. The van der Waals surface area contributed by atoms with Crippen molar-refractivity contribution >= 4 is 29.3 Å². The fourth-order valence-electron chi connectivity index (χ4n) is 7.23. The molecule has 2 aliphatic carbocycles. The van der Waals surface area contributed by atoms with Crippen molar-refractivity contribution in [3.05, 3.63) is 84.9 Å². The molecule has 4 aliphatic rings.